The molecule has 0 aliphatic rings. The number of aryl methyl sites for hydroxylation is 1. The van der Waals surface area contributed by atoms with Crippen LogP contribution in [0.15, 0.2) is 11.3 Å². The van der Waals surface area contributed by atoms with Gasteiger partial charge in [0.2, 0.25) is 0 Å². The zero-order valence-electron chi connectivity index (χ0n) is 13.1. The van der Waals surface area contributed by atoms with Crippen LogP contribution >= 0.6 is 0 Å². The zero-order chi connectivity index (χ0) is 14.8. The summed E-state index contributed by atoms with van der Waals surface area (Å²) in [5.74, 6) is 1.85. The molecule has 7 nitrogen and oxygen atoms in total. The second kappa shape index (κ2) is 9.30. The molecule has 0 aromatic carbocycles. The van der Waals surface area contributed by atoms with E-state index in [9.17, 15) is 0 Å². The average Bonchev–Trinajstić information content (AvgIpc) is 2.92. The van der Waals surface area contributed by atoms with Crippen molar-refractivity contribution in [3.63, 3.8) is 0 Å². The molecule has 0 unspecified atom stereocenters. The second-order valence-corrected chi connectivity index (χ2v) is 4.62. The van der Waals surface area contributed by atoms with Crippen LogP contribution < -0.4 is 10.6 Å². The predicted octanol–water partition coefficient (Wildman–Crippen LogP) is -0.0428. The quantitative estimate of drug-likeness (QED) is 0.517. The number of rotatable bonds is 8. The van der Waals surface area contributed by atoms with Crippen molar-refractivity contribution in [2.24, 2.45) is 4.99 Å². The Hall–Kier alpha value is -1.63. The number of guanidine groups is 1. The minimum atomic E-state index is 0.800. The van der Waals surface area contributed by atoms with E-state index in [0.29, 0.717) is 0 Å². The van der Waals surface area contributed by atoms with E-state index in [0.717, 1.165) is 50.9 Å². The predicted molar refractivity (Wildman–Crippen MR) is 81.9 cm³/mol. The molecule has 1 rings (SSSR count). The van der Waals surface area contributed by atoms with Crippen LogP contribution in [0.3, 0.4) is 0 Å². The van der Waals surface area contributed by atoms with E-state index in [4.69, 9.17) is 0 Å². The molecular weight excluding hydrogens is 254 g/mol. The fourth-order valence-corrected chi connectivity index (χ4v) is 1.78. The molecule has 7 heteroatoms. The molecule has 0 radical (unpaired) electrons. The Morgan fingerprint density at radius 2 is 2.10 bits per heavy atom. The first-order valence-corrected chi connectivity index (χ1v) is 7.21. The summed E-state index contributed by atoms with van der Waals surface area (Å²) in [5, 5.41) is 14.6. The van der Waals surface area contributed by atoms with Gasteiger partial charge >= 0.3 is 0 Å². The topological polar surface area (TPSA) is 70.4 Å². The van der Waals surface area contributed by atoms with E-state index in [1.54, 1.807) is 13.4 Å². The van der Waals surface area contributed by atoms with E-state index < -0.39 is 0 Å². The maximum Gasteiger partial charge on any atom is 0.191 e. The fraction of sp³-hybridized carbons (Fsp3) is 0.769. The third-order valence-corrected chi connectivity index (χ3v) is 3.21. The van der Waals surface area contributed by atoms with Crippen molar-refractivity contribution in [2.75, 3.05) is 40.3 Å². The Balaban J connectivity index is 2.25. The van der Waals surface area contributed by atoms with Gasteiger partial charge in [0.1, 0.15) is 12.2 Å². The molecule has 0 fully saturated rings. The lowest BCUT2D eigenvalue weighted by Crippen LogP contribution is -2.42. The van der Waals surface area contributed by atoms with Gasteiger partial charge in [0.05, 0.1) is 0 Å². The van der Waals surface area contributed by atoms with Crippen LogP contribution in [0.1, 0.15) is 19.7 Å². The lowest BCUT2D eigenvalue weighted by Gasteiger charge is -2.16. The first kappa shape index (κ1) is 16.4. The number of likely N-dealkylation sites (N-methyl/N-ethyl adjacent to an activating group) is 1. The standard InChI is InChI=1S/C13H27N7/c1-5-12-18-17-11-20(12)10-8-16-13(14-3)15-7-9-19(4)6-2/h11H,5-10H2,1-4H3,(H2,14,15,16). The van der Waals surface area contributed by atoms with E-state index in [1.165, 1.54) is 0 Å². The van der Waals surface area contributed by atoms with Crippen molar-refractivity contribution < 1.29 is 0 Å². The minimum absolute atomic E-state index is 0.800. The number of hydrogen-bond acceptors (Lipinski definition) is 4. The van der Waals surface area contributed by atoms with Crippen molar-refractivity contribution in [3.8, 4) is 0 Å². The average molecular weight is 281 g/mol. The van der Waals surface area contributed by atoms with Crippen LogP contribution in [0.5, 0.6) is 0 Å². The maximum absolute atomic E-state index is 4.21. The molecule has 0 aliphatic heterocycles. The number of hydrogen-bond donors (Lipinski definition) is 2. The van der Waals surface area contributed by atoms with E-state index in [2.05, 4.69) is 56.2 Å². The molecule has 0 saturated carbocycles. The first-order valence-electron chi connectivity index (χ1n) is 7.21. The van der Waals surface area contributed by atoms with E-state index >= 15 is 0 Å². The molecular formula is C13H27N7. The number of aromatic nitrogens is 3. The van der Waals surface area contributed by atoms with Crippen molar-refractivity contribution in [3.05, 3.63) is 12.2 Å². The highest BCUT2D eigenvalue weighted by Crippen LogP contribution is 1.94. The van der Waals surface area contributed by atoms with Crippen LogP contribution in [-0.4, -0.2) is 65.9 Å². The Kier molecular flexibility index (Phi) is 7.64. The summed E-state index contributed by atoms with van der Waals surface area (Å²) >= 11 is 0. The SMILES string of the molecule is CCc1nncn1CCNC(=NC)NCCN(C)CC. The van der Waals surface area contributed by atoms with Crippen molar-refractivity contribution in [2.45, 2.75) is 26.8 Å². The monoisotopic (exact) mass is 281 g/mol. The summed E-state index contributed by atoms with van der Waals surface area (Å²) in [4.78, 5) is 6.46. The summed E-state index contributed by atoms with van der Waals surface area (Å²) < 4.78 is 2.06. The molecule has 1 aromatic heterocycles. The highest BCUT2D eigenvalue weighted by Gasteiger charge is 2.02. The van der Waals surface area contributed by atoms with Gasteiger partial charge in [-0.1, -0.05) is 13.8 Å². The summed E-state index contributed by atoms with van der Waals surface area (Å²) in [6.45, 7) is 8.82. The van der Waals surface area contributed by atoms with Gasteiger partial charge in [-0.25, -0.2) is 0 Å². The van der Waals surface area contributed by atoms with Crippen LogP contribution in [0, 0.1) is 0 Å². The number of nitrogens with zero attached hydrogens (tertiary/aromatic N) is 5. The summed E-state index contributed by atoms with van der Waals surface area (Å²) in [6, 6.07) is 0. The Labute approximate surface area is 121 Å². The molecule has 0 atom stereocenters. The van der Waals surface area contributed by atoms with Crippen LogP contribution in [0.2, 0.25) is 0 Å². The van der Waals surface area contributed by atoms with Crippen LogP contribution in [-0.2, 0) is 13.0 Å². The Morgan fingerprint density at radius 1 is 1.35 bits per heavy atom. The highest BCUT2D eigenvalue weighted by atomic mass is 15.3. The van der Waals surface area contributed by atoms with Gasteiger partial charge in [0, 0.05) is 39.6 Å². The lowest BCUT2D eigenvalue weighted by atomic mass is 10.4. The van der Waals surface area contributed by atoms with Gasteiger partial charge in [-0.2, -0.15) is 0 Å². The van der Waals surface area contributed by atoms with E-state index in [1.807, 2.05) is 0 Å². The molecule has 0 amide bonds. The molecule has 0 spiro atoms. The molecule has 20 heavy (non-hydrogen) atoms. The highest BCUT2D eigenvalue weighted by molar-refractivity contribution is 5.79. The first-order chi connectivity index (χ1) is 9.71. The molecule has 0 bridgehead atoms. The molecule has 114 valence electrons. The number of aliphatic imine (C=N–C) groups is 1. The van der Waals surface area contributed by atoms with Gasteiger partial charge in [0.25, 0.3) is 0 Å². The normalized spacial score (nSPS) is 11.9. The Morgan fingerprint density at radius 3 is 2.75 bits per heavy atom. The van der Waals surface area contributed by atoms with Crippen molar-refractivity contribution in [1.82, 2.24) is 30.3 Å². The summed E-state index contributed by atoms with van der Waals surface area (Å²) in [7, 11) is 3.89. The van der Waals surface area contributed by atoms with Crippen LogP contribution in [0.25, 0.3) is 0 Å². The minimum Gasteiger partial charge on any atom is -0.355 e. The molecule has 1 aromatic rings. The number of nitrogens with one attached hydrogen (secondary N) is 2. The molecule has 0 saturated heterocycles. The van der Waals surface area contributed by atoms with E-state index in [-0.39, 0.29) is 0 Å². The molecule has 0 aliphatic carbocycles. The Bertz CT molecular complexity index is 399. The van der Waals surface area contributed by atoms with Gasteiger partial charge in [-0.05, 0) is 13.6 Å². The van der Waals surface area contributed by atoms with Crippen molar-refractivity contribution in [1.29, 1.82) is 0 Å². The maximum atomic E-state index is 4.21. The second-order valence-electron chi connectivity index (χ2n) is 4.62. The van der Waals surface area contributed by atoms with Gasteiger partial charge < -0.3 is 20.1 Å². The largest absolute Gasteiger partial charge is 0.355 e. The van der Waals surface area contributed by atoms with Gasteiger partial charge in [0.15, 0.2) is 5.96 Å². The third-order valence-electron chi connectivity index (χ3n) is 3.21. The zero-order valence-corrected chi connectivity index (χ0v) is 13.1. The molecule has 1 heterocycles. The molecule has 2 N–H and O–H groups in total. The van der Waals surface area contributed by atoms with Gasteiger partial charge in [-0.15, -0.1) is 10.2 Å². The smallest absolute Gasteiger partial charge is 0.191 e. The summed E-state index contributed by atoms with van der Waals surface area (Å²) in [5.41, 5.74) is 0. The fourth-order valence-electron chi connectivity index (χ4n) is 1.78. The summed E-state index contributed by atoms with van der Waals surface area (Å²) in [6.07, 6.45) is 2.67. The lowest BCUT2D eigenvalue weighted by molar-refractivity contribution is 0.357. The van der Waals surface area contributed by atoms with Gasteiger partial charge in [-0.3, -0.25) is 4.99 Å². The third kappa shape index (κ3) is 5.56. The van der Waals surface area contributed by atoms with Crippen molar-refractivity contribution >= 4 is 5.96 Å². The van der Waals surface area contributed by atoms with Crippen LogP contribution in [0.4, 0.5) is 0 Å².